The van der Waals surface area contributed by atoms with Gasteiger partial charge in [-0.3, -0.25) is 0 Å². The van der Waals surface area contributed by atoms with Crippen LogP contribution in [0, 0.1) is 0 Å². The molecule has 0 unspecified atom stereocenters. The molecule has 0 amide bonds. The number of fused-ring (bicyclic) bond motifs is 1. The summed E-state index contributed by atoms with van der Waals surface area (Å²) in [7, 11) is 3.31. The van der Waals surface area contributed by atoms with Crippen molar-refractivity contribution in [3.8, 4) is 22.6 Å². The van der Waals surface area contributed by atoms with Crippen molar-refractivity contribution < 1.29 is 13.9 Å². The normalized spacial score (nSPS) is 11.4. The summed E-state index contributed by atoms with van der Waals surface area (Å²) in [6.07, 6.45) is 3.95. The Labute approximate surface area is 161 Å². The zero-order chi connectivity index (χ0) is 19.5. The lowest BCUT2D eigenvalue weighted by Crippen LogP contribution is -2.10. The van der Waals surface area contributed by atoms with Gasteiger partial charge in [0, 0.05) is 37.8 Å². The van der Waals surface area contributed by atoms with Crippen molar-refractivity contribution in [2.24, 2.45) is 0 Å². The molecule has 0 radical (unpaired) electrons. The van der Waals surface area contributed by atoms with Crippen molar-refractivity contribution in [3.05, 3.63) is 48.6 Å². The number of methoxy groups -OCH3 is 2. The van der Waals surface area contributed by atoms with Gasteiger partial charge in [0.1, 0.15) is 18.1 Å². The number of furan rings is 1. The molecule has 0 fully saturated rings. The summed E-state index contributed by atoms with van der Waals surface area (Å²) in [5.74, 6) is 1.04. The Morgan fingerprint density at radius 3 is 2.79 bits per heavy atom. The number of benzene rings is 1. The molecule has 8 heteroatoms. The van der Waals surface area contributed by atoms with E-state index in [4.69, 9.17) is 24.6 Å². The van der Waals surface area contributed by atoms with Crippen LogP contribution in [0.1, 0.15) is 5.82 Å². The number of nitrogens with two attached hydrogens (primary N) is 1. The highest BCUT2D eigenvalue weighted by atomic mass is 16.5. The second kappa shape index (κ2) is 7.79. The first kappa shape index (κ1) is 18.1. The van der Waals surface area contributed by atoms with Crippen LogP contribution in [-0.4, -0.2) is 40.3 Å². The second-order valence-electron chi connectivity index (χ2n) is 6.29. The van der Waals surface area contributed by atoms with Crippen LogP contribution in [0.4, 0.5) is 5.95 Å². The highest BCUT2D eigenvalue weighted by molar-refractivity contribution is 5.86. The lowest BCUT2D eigenvalue weighted by molar-refractivity contribution is 0.127. The Morgan fingerprint density at radius 2 is 2.00 bits per heavy atom. The highest BCUT2D eigenvalue weighted by Gasteiger charge is 2.21. The summed E-state index contributed by atoms with van der Waals surface area (Å²) in [4.78, 5) is 13.3. The lowest BCUT2D eigenvalue weighted by atomic mass is 10.1. The van der Waals surface area contributed by atoms with Crippen molar-refractivity contribution >= 4 is 16.9 Å². The van der Waals surface area contributed by atoms with Gasteiger partial charge < -0.3 is 24.2 Å². The van der Waals surface area contributed by atoms with Crippen LogP contribution in [0.5, 0.6) is 0 Å². The maximum atomic E-state index is 5.84. The topological polar surface area (TPSA) is 101 Å². The molecule has 2 N–H and O–H groups in total. The van der Waals surface area contributed by atoms with Gasteiger partial charge in [0.2, 0.25) is 5.95 Å². The van der Waals surface area contributed by atoms with Gasteiger partial charge in [0.25, 0.3) is 0 Å². The Balaban J connectivity index is 1.94. The fraction of sp³-hybridized carbons (Fsp3) is 0.250. The average Bonchev–Trinajstić information content (AvgIpc) is 3.30. The molecule has 0 aliphatic rings. The molecule has 3 aromatic heterocycles. The molecule has 0 atom stereocenters. The molecule has 0 saturated carbocycles. The van der Waals surface area contributed by atoms with Crippen molar-refractivity contribution in [1.29, 1.82) is 0 Å². The van der Waals surface area contributed by atoms with Gasteiger partial charge in [-0.2, -0.15) is 0 Å². The molecule has 0 spiro atoms. The van der Waals surface area contributed by atoms with Gasteiger partial charge in [0.15, 0.2) is 0 Å². The Bertz CT molecular complexity index is 1100. The SMILES string of the molecule is COCCc1nc(-c2ccc3ccoc3c2)c(-c2ccnc(N)n2)n1COC. The monoisotopic (exact) mass is 379 g/mol. The maximum absolute atomic E-state index is 5.84. The fourth-order valence-electron chi connectivity index (χ4n) is 3.22. The number of imidazole rings is 1. The molecule has 4 rings (SSSR count). The van der Waals surface area contributed by atoms with Crippen LogP contribution in [-0.2, 0) is 22.6 Å². The number of hydrogen-bond donors (Lipinski definition) is 1. The fourth-order valence-corrected chi connectivity index (χ4v) is 3.22. The summed E-state index contributed by atoms with van der Waals surface area (Å²) in [5, 5.41) is 1.03. The minimum atomic E-state index is 0.202. The molecule has 3 heterocycles. The molecule has 144 valence electrons. The zero-order valence-electron chi connectivity index (χ0n) is 15.8. The van der Waals surface area contributed by atoms with Crippen molar-refractivity contribution in [3.63, 3.8) is 0 Å². The van der Waals surface area contributed by atoms with Crippen LogP contribution in [0.25, 0.3) is 33.6 Å². The van der Waals surface area contributed by atoms with Gasteiger partial charge in [-0.25, -0.2) is 15.0 Å². The van der Waals surface area contributed by atoms with Gasteiger partial charge in [-0.1, -0.05) is 12.1 Å². The van der Waals surface area contributed by atoms with E-state index in [0.717, 1.165) is 33.7 Å². The van der Waals surface area contributed by atoms with Gasteiger partial charge >= 0.3 is 0 Å². The van der Waals surface area contributed by atoms with Crippen LogP contribution in [0.15, 0.2) is 47.2 Å². The van der Waals surface area contributed by atoms with E-state index < -0.39 is 0 Å². The predicted molar refractivity (Wildman–Crippen MR) is 105 cm³/mol. The molecule has 0 bridgehead atoms. The van der Waals surface area contributed by atoms with Crippen molar-refractivity contribution in [2.45, 2.75) is 13.2 Å². The molecule has 4 aromatic rings. The molecular weight excluding hydrogens is 358 g/mol. The van der Waals surface area contributed by atoms with Crippen LogP contribution in [0.3, 0.4) is 0 Å². The highest BCUT2D eigenvalue weighted by Crippen LogP contribution is 2.34. The lowest BCUT2D eigenvalue weighted by Gasteiger charge is -2.11. The number of nitrogen functional groups attached to an aromatic ring is 1. The summed E-state index contributed by atoms with van der Waals surface area (Å²) < 4.78 is 18.2. The molecule has 0 aliphatic carbocycles. The summed E-state index contributed by atoms with van der Waals surface area (Å²) in [5.41, 5.74) is 9.82. The zero-order valence-corrected chi connectivity index (χ0v) is 15.8. The van der Waals surface area contributed by atoms with Gasteiger partial charge in [0.05, 0.1) is 30.0 Å². The van der Waals surface area contributed by atoms with Gasteiger partial charge in [-0.05, 0) is 18.2 Å². The average molecular weight is 379 g/mol. The van der Waals surface area contributed by atoms with E-state index in [1.807, 2.05) is 34.9 Å². The number of nitrogens with zero attached hydrogens (tertiary/aromatic N) is 4. The van der Waals surface area contributed by atoms with Crippen LogP contribution in [0.2, 0.25) is 0 Å². The number of anilines is 1. The minimum Gasteiger partial charge on any atom is -0.464 e. The maximum Gasteiger partial charge on any atom is 0.220 e. The predicted octanol–water partition coefficient (Wildman–Crippen LogP) is 3.13. The number of ether oxygens (including phenoxy) is 2. The molecule has 28 heavy (non-hydrogen) atoms. The molecule has 8 nitrogen and oxygen atoms in total. The van der Waals surface area contributed by atoms with Crippen molar-refractivity contribution in [2.75, 3.05) is 26.6 Å². The first-order chi connectivity index (χ1) is 13.7. The largest absolute Gasteiger partial charge is 0.464 e. The van der Waals surface area contributed by atoms with E-state index in [9.17, 15) is 0 Å². The number of hydrogen-bond acceptors (Lipinski definition) is 7. The van der Waals surface area contributed by atoms with E-state index in [1.165, 1.54) is 0 Å². The third-order valence-electron chi connectivity index (χ3n) is 4.48. The van der Waals surface area contributed by atoms with E-state index in [-0.39, 0.29) is 5.95 Å². The van der Waals surface area contributed by atoms with E-state index in [2.05, 4.69) is 9.97 Å². The van der Waals surface area contributed by atoms with Crippen LogP contribution < -0.4 is 5.73 Å². The quantitative estimate of drug-likeness (QED) is 0.526. The Hall–Kier alpha value is -3.23. The molecule has 1 aromatic carbocycles. The van der Waals surface area contributed by atoms with E-state index in [1.54, 1.807) is 26.7 Å². The Kier molecular flexibility index (Phi) is 5.05. The van der Waals surface area contributed by atoms with Crippen molar-refractivity contribution in [1.82, 2.24) is 19.5 Å². The summed E-state index contributed by atoms with van der Waals surface area (Å²) >= 11 is 0. The number of rotatable bonds is 7. The molecule has 0 saturated heterocycles. The first-order valence-electron chi connectivity index (χ1n) is 8.85. The second-order valence-corrected chi connectivity index (χ2v) is 6.29. The third kappa shape index (κ3) is 3.35. The molecule has 0 aliphatic heterocycles. The van der Waals surface area contributed by atoms with E-state index >= 15 is 0 Å². The smallest absolute Gasteiger partial charge is 0.220 e. The van der Waals surface area contributed by atoms with E-state index in [0.29, 0.717) is 25.5 Å². The Morgan fingerprint density at radius 1 is 1.11 bits per heavy atom. The third-order valence-corrected chi connectivity index (χ3v) is 4.48. The van der Waals surface area contributed by atoms with Gasteiger partial charge in [-0.15, -0.1) is 0 Å². The van der Waals surface area contributed by atoms with Crippen LogP contribution >= 0.6 is 0 Å². The standard InChI is InChI=1S/C20H21N5O3/c1-26-9-7-17-24-18(14-4-3-13-6-10-28-16(13)11-14)19(25(17)12-27-2)15-5-8-22-20(21)23-15/h3-6,8,10-11H,7,9,12H2,1-2H3,(H2,21,22,23). The first-order valence-corrected chi connectivity index (χ1v) is 8.85. The summed E-state index contributed by atoms with van der Waals surface area (Å²) in [6, 6.07) is 9.75. The number of aromatic nitrogens is 4. The minimum absolute atomic E-state index is 0.202. The molecular formula is C20H21N5O3. The summed E-state index contributed by atoms with van der Waals surface area (Å²) in [6.45, 7) is 0.872.